The molecular formula is C16H22O2. The molecular weight excluding hydrogens is 224 g/mol. The second-order valence-electron chi connectivity index (χ2n) is 5.90. The van der Waals surface area contributed by atoms with Gasteiger partial charge in [-0.1, -0.05) is 25.0 Å². The lowest BCUT2D eigenvalue weighted by Gasteiger charge is -2.12. The third kappa shape index (κ3) is 2.14. The summed E-state index contributed by atoms with van der Waals surface area (Å²) in [5, 5.41) is 10.5. The van der Waals surface area contributed by atoms with Gasteiger partial charge >= 0.3 is 0 Å². The highest BCUT2D eigenvalue weighted by Crippen LogP contribution is 2.60. The fourth-order valence-electron chi connectivity index (χ4n) is 3.63. The predicted octanol–water partition coefficient (Wildman–Crippen LogP) is 3.32. The van der Waals surface area contributed by atoms with Crippen molar-refractivity contribution in [2.75, 3.05) is 6.61 Å². The Morgan fingerprint density at radius 1 is 1.28 bits per heavy atom. The standard InChI is InChI=1S/C16H22O2/c1-12-5-4-6-13(11-12)18-10-9-16(17)14-7-2-3-8-15(14)16/h4-6,11,14-15,17H,2-3,7-10H2,1H3. The van der Waals surface area contributed by atoms with E-state index in [2.05, 4.69) is 13.0 Å². The van der Waals surface area contributed by atoms with Crippen LogP contribution >= 0.6 is 0 Å². The minimum atomic E-state index is -0.402. The maximum atomic E-state index is 10.5. The van der Waals surface area contributed by atoms with E-state index in [1.807, 2.05) is 18.2 Å². The third-order valence-electron chi connectivity index (χ3n) is 4.70. The fraction of sp³-hybridized carbons (Fsp3) is 0.625. The van der Waals surface area contributed by atoms with E-state index in [9.17, 15) is 5.11 Å². The normalized spacial score (nSPS) is 33.9. The van der Waals surface area contributed by atoms with Crippen LogP contribution in [0.4, 0.5) is 0 Å². The summed E-state index contributed by atoms with van der Waals surface area (Å²) in [6.07, 6.45) is 5.80. The van der Waals surface area contributed by atoms with Crippen LogP contribution in [0.5, 0.6) is 5.75 Å². The van der Waals surface area contributed by atoms with E-state index in [1.54, 1.807) is 0 Å². The zero-order valence-corrected chi connectivity index (χ0v) is 11.1. The first-order valence-electron chi connectivity index (χ1n) is 7.12. The second-order valence-corrected chi connectivity index (χ2v) is 5.90. The molecule has 1 aromatic rings. The maximum absolute atomic E-state index is 10.5. The number of hydrogen-bond donors (Lipinski definition) is 1. The first kappa shape index (κ1) is 12.0. The molecule has 0 spiro atoms. The second kappa shape index (κ2) is 4.58. The predicted molar refractivity (Wildman–Crippen MR) is 71.7 cm³/mol. The summed E-state index contributed by atoms with van der Waals surface area (Å²) < 4.78 is 5.75. The molecule has 0 amide bonds. The van der Waals surface area contributed by atoms with Gasteiger partial charge in [0.25, 0.3) is 0 Å². The molecule has 0 aliphatic heterocycles. The van der Waals surface area contributed by atoms with E-state index in [4.69, 9.17) is 4.74 Å². The Morgan fingerprint density at radius 2 is 2.00 bits per heavy atom. The summed E-state index contributed by atoms with van der Waals surface area (Å²) in [6.45, 7) is 2.70. The molecule has 2 unspecified atom stereocenters. The average molecular weight is 246 g/mol. The first-order chi connectivity index (χ1) is 8.70. The zero-order chi connectivity index (χ0) is 12.6. The molecule has 2 saturated carbocycles. The van der Waals surface area contributed by atoms with E-state index < -0.39 is 5.60 Å². The van der Waals surface area contributed by atoms with Crippen molar-refractivity contribution in [3.05, 3.63) is 29.8 Å². The number of ether oxygens (including phenoxy) is 1. The number of aryl methyl sites for hydroxylation is 1. The van der Waals surface area contributed by atoms with Crippen molar-refractivity contribution < 1.29 is 9.84 Å². The molecule has 2 nitrogen and oxygen atoms in total. The molecule has 2 aliphatic rings. The van der Waals surface area contributed by atoms with Gasteiger partial charge in [-0.2, -0.15) is 0 Å². The van der Waals surface area contributed by atoms with Gasteiger partial charge in [0.2, 0.25) is 0 Å². The average Bonchev–Trinajstić information content (AvgIpc) is 2.96. The Kier molecular flexibility index (Phi) is 3.06. The fourth-order valence-corrected chi connectivity index (χ4v) is 3.63. The summed E-state index contributed by atoms with van der Waals surface area (Å²) in [6, 6.07) is 8.10. The molecule has 2 aliphatic carbocycles. The molecule has 98 valence electrons. The highest BCUT2D eigenvalue weighted by Gasteiger charge is 2.63. The molecule has 2 fully saturated rings. The van der Waals surface area contributed by atoms with Gasteiger partial charge in [-0.25, -0.2) is 0 Å². The molecule has 0 radical (unpaired) electrons. The number of hydrogen-bond acceptors (Lipinski definition) is 2. The van der Waals surface area contributed by atoms with Gasteiger partial charge in [-0.3, -0.25) is 0 Å². The Balaban J connectivity index is 1.51. The highest BCUT2D eigenvalue weighted by atomic mass is 16.5. The van der Waals surface area contributed by atoms with Crippen molar-refractivity contribution >= 4 is 0 Å². The number of benzene rings is 1. The van der Waals surface area contributed by atoms with Crippen LogP contribution in [0.2, 0.25) is 0 Å². The molecule has 2 heteroatoms. The van der Waals surface area contributed by atoms with Crippen molar-refractivity contribution in [1.29, 1.82) is 0 Å². The minimum Gasteiger partial charge on any atom is -0.493 e. The molecule has 0 saturated heterocycles. The molecule has 0 aromatic heterocycles. The van der Waals surface area contributed by atoms with Gasteiger partial charge < -0.3 is 9.84 Å². The van der Waals surface area contributed by atoms with Crippen molar-refractivity contribution in [3.8, 4) is 5.75 Å². The van der Waals surface area contributed by atoms with Gasteiger partial charge in [0, 0.05) is 6.42 Å². The van der Waals surface area contributed by atoms with E-state index in [1.165, 1.54) is 31.2 Å². The van der Waals surface area contributed by atoms with Crippen LogP contribution in [0.15, 0.2) is 24.3 Å². The van der Waals surface area contributed by atoms with Crippen LogP contribution in [-0.2, 0) is 0 Å². The topological polar surface area (TPSA) is 29.5 Å². The van der Waals surface area contributed by atoms with Crippen LogP contribution in [0, 0.1) is 18.8 Å². The summed E-state index contributed by atoms with van der Waals surface area (Å²) in [5.41, 5.74) is 0.812. The molecule has 2 atom stereocenters. The smallest absolute Gasteiger partial charge is 0.119 e. The maximum Gasteiger partial charge on any atom is 0.119 e. The summed E-state index contributed by atoms with van der Waals surface area (Å²) in [5.74, 6) is 2.04. The lowest BCUT2D eigenvalue weighted by Crippen LogP contribution is -2.17. The minimum absolute atomic E-state index is 0.402. The van der Waals surface area contributed by atoms with Gasteiger partial charge in [0.1, 0.15) is 5.75 Å². The molecule has 3 rings (SSSR count). The van der Waals surface area contributed by atoms with Crippen LogP contribution in [0.3, 0.4) is 0 Å². The Labute approximate surface area is 109 Å². The monoisotopic (exact) mass is 246 g/mol. The quantitative estimate of drug-likeness (QED) is 0.883. The molecule has 0 bridgehead atoms. The molecule has 0 heterocycles. The summed E-state index contributed by atoms with van der Waals surface area (Å²) in [4.78, 5) is 0. The van der Waals surface area contributed by atoms with Crippen LogP contribution in [0.25, 0.3) is 0 Å². The van der Waals surface area contributed by atoms with Gasteiger partial charge in [0.05, 0.1) is 12.2 Å². The Hall–Kier alpha value is -1.02. The Morgan fingerprint density at radius 3 is 2.67 bits per heavy atom. The number of rotatable bonds is 4. The largest absolute Gasteiger partial charge is 0.493 e. The third-order valence-corrected chi connectivity index (χ3v) is 4.70. The number of fused-ring (bicyclic) bond motifs is 1. The SMILES string of the molecule is Cc1cccc(OCCC2(O)C3CCCCC32)c1. The van der Waals surface area contributed by atoms with Crippen molar-refractivity contribution in [2.24, 2.45) is 11.8 Å². The van der Waals surface area contributed by atoms with Gasteiger partial charge in [-0.15, -0.1) is 0 Å². The van der Waals surface area contributed by atoms with Gasteiger partial charge in [-0.05, 0) is 49.3 Å². The summed E-state index contributed by atoms with van der Waals surface area (Å²) in [7, 11) is 0. The highest BCUT2D eigenvalue weighted by molar-refractivity contribution is 5.27. The lowest BCUT2D eigenvalue weighted by molar-refractivity contribution is 0.0893. The number of aliphatic hydroxyl groups is 1. The summed E-state index contributed by atoms with van der Waals surface area (Å²) >= 11 is 0. The zero-order valence-electron chi connectivity index (χ0n) is 11.1. The van der Waals surface area contributed by atoms with Crippen LogP contribution < -0.4 is 4.74 Å². The van der Waals surface area contributed by atoms with Crippen molar-refractivity contribution in [2.45, 2.75) is 44.6 Å². The van der Waals surface area contributed by atoms with E-state index in [0.717, 1.165) is 12.2 Å². The molecule has 18 heavy (non-hydrogen) atoms. The van der Waals surface area contributed by atoms with Crippen LogP contribution in [0.1, 0.15) is 37.7 Å². The lowest BCUT2D eigenvalue weighted by atomic mass is 10.0. The van der Waals surface area contributed by atoms with Gasteiger partial charge in [0.15, 0.2) is 0 Å². The van der Waals surface area contributed by atoms with Crippen LogP contribution in [-0.4, -0.2) is 17.3 Å². The van der Waals surface area contributed by atoms with Crippen molar-refractivity contribution in [1.82, 2.24) is 0 Å². The van der Waals surface area contributed by atoms with E-state index >= 15 is 0 Å². The molecule has 1 N–H and O–H groups in total. The Bertz CT molecular complexity index is 415. The van der Waals surface area contributed by atoms with Crippen molar-refractivity contribution in [3.63, 3.8) is 0 Å². The molecule has 1 aromatic carbocycles. The first-order valence-corrected chi connectivity index (χ1v) is 7.12. The van der Waals surface area contributed by atoms with E-state index in [0.29, 0.717) is 18.4 Å². The van der Waals surface area contributed by atoms with E-state index in [-0.39, 0.29) is 0 Å².